The molecule has 2 heterocycles. The van der Waals surface area contributed by atoms with Crippen molar-refractivity contribution in [3.8, 4) is 23.0 Å². The van der Waals surface area contributed by atoms with E-state index in [1.807, 2.05) is 59.9 Å². The van der Waals surface area contributed by atoms with Crippen LogP contribution in [0.1, 0.15) is 15.7 Å². The van der Waals surface area contributed by atoms with Gasteiger partial charge in [-0.1, -0.05) is 12.1 Å². The van der Waals surface area contributed by atoms with E-state index in [0.717, 1.165) is 17.1 Å². The molecular weight excluding hydrogens is 384 g/mol. The first-order valence-corrected chi connectivity index (χ1v) is 10.8. The van der Waals surface area contributed by atoms with Crippen LogP contribution in [0.3, 0.4) is 0 Å². The molecule has 2 aliphatic heterocycles. The molecule has 1 fully saturated rings. The Hall–Kier alpha value is -1.99. The van der Waals surface area contributed by atoms with Crippen LogP contribution < -0.4 is 18.9 Å². The zero-order chi connectivity index (χ0) is 18.6. The van der Waals surface area contributed by atoms with E-state index < -0.39 is 0 Å². The van der Waals surface area contributed by atoms with Crippen LogP contribution in [0, 0.1) is 0 Å². The second kappa shape index (κ2) is 8.35. The Morgan fingerprint density at radius 1 is 1.04 bits per heavy atom. The maximum absolute atomic E-state index is 12.4. The summed E-state index contributed by atoms with van der Waals surface area (Å²) in [5.41, 5.74) is 2.00. The molecule has 0 aromatic heterocycles. The predicted octanol–water partition coefficient (Wildman–Crippen LogP) is 4.09. The highest BCUT2D eigenvalue weighted by Gasteiger charge is 2.21. The second-order valence-electron chi connectivity index (χ2n) is 6.11. The largest absolute Gasteiger partial charge is 0.493 e. The van der Waals surface area contributed by atoms with Gasteiger partial charge in [0.2, 0.25) is 0 Å². The van der Waals surface area contributed by atoms with E-state index in [1.54, 1.807) is 7.11 Å². The zero-order valence-electron chi connectivity index (χ0n) is 14.9. The van der Waals surface area contributed by atoms with Crippen LogP contribution in [0.15, 0.2) is 36.4 Å². The van der Waals surface area contributed by atoms with Crippen molar-refractivity contribution >= 4 is 29.5 Å². The van der Waals surface area contributed by atoms with Crippen molar-refractivity contribution < 1.29 is 23.7 Å². The molecule has 0 aliphatic carbocycles. The summed E-state index contributed by atoms with van der Waals surface area (Å²) in [5, 5.41) is 0. The average Bonchev–Trinajstić information content (AvgIpc) is 3.23. The van der Waals surface area contributed by atoms with Gasteiger partial charge < -0.3 is 18.9 Å². The first-order chi connectivity index (χ1) is 13.2. The molecule has 1 saturated heterocycles. The van der Waals surface area contributed by atoms with Gasteiger partial charge in [0, 0.05) is 11.5 Å². The van der Waals surface area contributed by atoms with Crippen molar-refractivity contribution in [1.29, 1.82) is 0 Å². The lowest BCUT2D eigenvalue weighted by Crippen LogP contribution is -2.16. The minimum atomic E-state index is -0.345. The molecule has 0 radical (unpaired) electrons. The van der Waals surface area contributed by atoms with Gasteiger partial charge in [-0.3, -0.25) is 4.79 Å². The molecule has 0 bridgehead atoms. The van der Waals surface area contributed by atoms with E-state index in [0.29, 0.717) is 40.8 Å². The number of rotatable bonds is 5. The quantitative estimate of drug-likeness (QED) is 0.549. The second-order valence-corrected chi connectivity index (χ2v) is 8.84. The summed E-state index contributed by atoms with van der Waals surface area (Å²) >= 11 is 3.85. The Morgan fingerprint density at radius 3 is 2.59 bits per heavy atom. The lowest BCUT2D eigenvalue weighted by atomic mass is 10.1. The molecule has 0 saturated carbocycles. The molecule has 2 aromatic carbocycles. The van der Waals surface area contributed by atoms with Gasteiger partial charge in [-0.2, -0.15) is 0 Å². The Labute approximate surface area is 166 Å². The van der Waals surface area contributed by atoms with Gasteiger partial charge in [-0.15, -0.1) is 23.5 Å². The average molecular weight is 405 g/mol. The highest BCUT2D eigenvalue weighted by Crippen LogP contribution is 2.47. The third kappa shape index (κ3) is 4.30. The highest BCUT2D eigenvalue weighted by atomic mass is 32.2. The molecule has 142 valence electrons. The van der Waals surface area contributed by atoms with Gasteiger partial charge in [0.1, 0.15) is 13.2 Å². The molecule has 0 unspecified atom stereocenters. The number of methoxy groups -OCH3 is 1. The van der Waals surface area contributed by atoms with E-state index in [-0.39, 0.29) is 12.4 Å². The molecule has 0 N–H and O–H groups in total. The molecule has 27 heavy (non-hydrogen) atoms. The normalized spacial score (nSPS) is 16.2. The number of hydrogen-bond acceptors (Lipinski definition) is 7. The summed E-state index contributed by atoms with van der Waals surface area (Å²) in [4.78, 5) is 12.4. The molecule has 2 aromatic rings. The zero-order valence-corrected chi connectivity index (χ0v) is 16.6. The van der Waals surface area contributed by atoms with Crippen LogP contribution in [0.2, 0.25) is 0 Å². The summed E-state index contributed by atoms with van der Waals surface area (Å²) in [6.45, 7) is 1.06. The maximum Gasteiger partial charge on any atom is 0.315 e. The maximum atomic E-state index is 12.4. The number of carbonyl (C=O) groups excluding carboxylic acids is 1. The van der Waals surface area contributed by atoms with E-state index in [2.05, 4.69) is 0 Å². The topological polar surface area (TPSA) is 54.0 Å². The van der Waals surface area contributed by atoms with Gasteiger partial charge in [0.05, 0.1) is 18.1 Å². The summed E-state index contributed by atoms with van der Waals surface area (Å²) in [7, 11) is 1.59. The minimum Gasteiger partial charge on any atom is -0.493 e. The number of ether oxygens (including phenoxy) is 4. The van der Waals surface area contributed by atoms with Crippen LogP contribution in [0.25, 0.3) is 0 Å². The third-order valence-electron chi connectivity index (χ3n) is 4.26. The lowest BCUT2D eigenvalue weighted by Gasteiger charge is -2.18. The fourth-order valence-corrected chi connectivity index (χ4v) is 5.83. The smallest absolute Gasteiger partial charge is 0.315 e. The fourth-order valence-electron chi connectivity index (χ4n) is 2.99. The number of thioether (sulfide) groups is 2. The monoisotopic (exact) mass is 404 g/mol. The number of benzene rings is 2. The van der Waals surface area contributed by atoms with Gasteiger partial charge in [0.25, 0.3) is 0 Å². The van der Waals surface area contributed by atoms with Crippen molar-refractivity contribution in [2.75, 3.05) is 31.8 Å². The summed E-state index contributed by atoms with van der Waals surface area (Å²) in [6.07, 6.45) is 0.149. The minimum absolute atomic E-state index is 0.149. The van der Waals surface area contributed by atoms with Crippen LogP contribution in [0.4, 0.5) is 0 Å². The third-order valence-corrected chi connectivity index (χ3v) is 7.36. The number of fused-ring (bicyclic) bond motifs is 1. The molecule has 5 nitrogen and oxygen atoms in total. The number of esters is 1. The van der Waals surface area contributed by atoms with E-state index in [1.165, 1.54) is 5.56 Å². The standard InChI is InChI=1S/C20H20O5S2/c1-22-17-12-14(20-26-8-9-27-20)3-5-16(17)25-19(21)11-13-2-4-15-18(10-13)24-7-6-23-15/h2-5,10,12,20H,6-9,11H2,1H3. The van der Waals surface area contributed by atoms with E-state index >= 15 is 0 Å². The molecule has 7 heteroatoms. The molecule has 4 rings (SSSR count). The molecule has 0 atom stereocenters. The van der Waals surface area contributed by atoms with Crippen molar-refractivity contribution in [2.24, 2.45) is 0 Å². The number of hydrogen-bond donors (Lipinski definition) is 0. The summed E-state index contributed by atoms with van der Waals surface area (Å²) < 4.78 is 22.5. The van der Waals surface area contributed by atoms with Gasteiger partial charge in [-0.05, 0) is 35.4 Å². The van der Waals surface area contributed by atoms with Crippen molar-refractivity contribution in [2.45, 2.75) is 11.0 Å². The van der Waals surface area contributed by atoms with E-state index in [4.69, 9.17) is 18.9 Å². The van der Waals surface area contributed by atoms with Crippen molar-refractivity contribution in [1.82, 2.24) is 0 Å². The number of carbonyl (C=O) groups is 1. The van der Waals surface area contributed by atoms with Gasteiger partial charge >= 0.3 is 5.97 Å². The SMILES string of the molecule is COc1cc(C2SCCS2)ccc1OC(=O)Cc1ccc2c(c1)OCCO2. The van der Waals surface area contributed by atoms with Crippen LogP contribution in [0.5, 0.6) is 23.0 Å². The summed E-state index contributed by atoms with van der Waals surface area (Å²) in [6, 6.07) is 11.3. The van der Waals surface area contributed by atoms with Crippen molar-refractivity contribution in [3.05, 3.63) is 47.5 Å². The fraction of sp³-hybridized carbons (Fsp3) is 0.350. The van der Waals surface area contributed by atoms with E-state index in [9.17, 15) is 4.79 Å². The highest BCUT2D eigenvalue weighted by molar-refractivity contribution is 8.19. The molecule has 0 amide bonds. The molecule has 2 aliphatic rings. The van der Waals surface area contributed by atoms with Crippen LogP contribution in [-0.4, -0.2) is 37.8 Å². The molecular formula is C20H20O5S2. The Kier molecular flexibility index (Phi) is 5.69. The van der Waals surface area contributed by atoms with Crippen LogP contribution in [-0.2, 0) is 11.2 Å². The Bertz CT molecular complexity index is 833. The predicted molar refractivity (Wildman–Crippen MR) is 107 cm³/mol. The summed E-state index contributed by atoms with van der Waals surface area (Å²) in [5.74, 6) is 4.36. The first-order valence-electron chi connectivity index (χ1n) is 8.73. The van der Waals surface area contributed by atoms with Crippen LogP contribution >= 0.6 is 23.5 Å². The lowest BCUT2D eigenvalue weighted by molar-refractivity contribution is -0.133. The Balaban J connectivity index is 1.44. The van der Waals surface area contributed by atoms with Crippen molar-refractivity contribution in [3.63, 3.8) is 0 Å². The first kappa shape index (κ1) is 18.4. The Morgan fingerprint density at radius 2 is 1.81 bits per heavy atom. The van der Waals surface area contributed by atoms with Gasteiger partial charge in [-0.25, -0.2) is 0 Å². The molecule has 0 spiro atoms. The van der Waals surface area contributed by atoms with Gasteiger partial charge in [0.15, 0.2) is 23.0 Å².